The molecule has 2 aliphatic heterocycles. The number of morpholine rings is 1. The van der Waals surface area contributed by atoms with E-state index in [9.17, 15) is 4.79 Å². The Bertz CT molecular complexity index is 993. The number of hydrogen-bond donors (Lipinski definition) is 0. The van der Waals surface area contributed by atoms with Crippen molar-refractivity contribution in [2.75, 3.05) is 19.8 Å². The van der Waals surface area contributed by atoms with Gasteiger partial charge < -0.3 is 9.47 Å². The lowest BCUT2D eigenvalue weighted by atomic mass is 9.90. The number of amides is 1. The first kappa shape index (κ1) is 19.1. The van der Waals surface area contributed by atoms with Crippen LogP contribution in [0, 0.1) is 0 Å². The third kappa shape index (κ3) is 3.16. The van der Waals surface area contributed by atoms with Gasteiger partial charge in [-0.2, -0.15) is 0 Å². The summed E-state index contributed by atoms with van der Waals surface area (Å²) < 4.78 is 11.7. The van der Waals surface area contributed by atoms with Crippen LogP contribution in [0.1, 0.15) is 37.3 Å². The number of hydrogen-bond acceptors (Lipinski definition) is 3. The van der Waals surface area contributed by atoms with Crippen LogP contribution in [0.15, 0.2) is 71.8 Å². The number of carbonyl (C=O) groups excluding carboxylic acids is 1. The van der Waals surface area contributed by atoms with E-state index < -0.39 is 0 Å². The Labute approximate surface area is 177 Å². The molecule has 5 rings (SSSR count). The summed E-state index contributed by atoms with van der Waals surface area (Å²) in [7, 11) is 0. The third-order valence-electron chi connectivity index (χ3n) is 6.69. The Kier molecular flexibility index (Phi) is 4.95. The minimum Gasteiger partial charge on any atom is -0.448 e. The van der Waals surface area contributed by atoms with Gasteiger partial charge in [-0.1, -0.05) is 66.3 Å². The average Bonchev–Trinajstić information content (AvgIpc) is 3.10. The molecule has 1 fully saturated rings. The molecule has 1 aliphatic carbocycles. The molecule has 2 atom stereocenters. The fourth-order valence-corrected chi connectivity index (χ4v) is 5.03. The summed E-state index contributed by atoms with van der Waals surface area (Å²) in [5.74, 6) is 0.0820. The molecule has 154 valence electrons. The molecular formula is C26H27NO3. The number of allylic oxidation sites excluding steroid dienone is 2. The molecule has 2 aromatic carbocycles. The summed E-state index contributed by atoms with van der Waals surface area (Å²) in [5.41, 5.74) is 7.55. The van der Waals surface area contributed by atoms with Crippen molar-refractivity contribution >= 4 is 6.09 Å². The molecule has 0 N–H and O–H groups in total. The summed E-state index contributed by atoms with van der Waals surface area (Å²) in [6.45, 7) is 5.64. The molecule has 4 heteroatoms. The van der Waals surface area contributed by atoms with Crippen molar-refractivity contribution < 1.29 is 14.3 Å². The van der Waals surface area contributed by atoms with Crippen LogP contribution in [0.25, 0.3) is 11.1 Å². The highest BCUT2D eigenvalue weighted by atomic mass is 16.6. The molecule has 0 radical (unpaired) electrons. The van der Waals surface area contributed by atoms with Crippen LogP contribution in [-0.2, 0) is 9.47 Å². The summed E-state index contributed by atoms with van der Waals surface area (Å²) in [4.78, 5) is 15.0. The number of carbonyl (C=O) groups is 1. The maximum absolute atomic E-state index is 13.1. The molecule has 2 aromatic rings. The zero-order chi connectivity index (χ0) is 20.7. The Morgan fingerprint density at radius 1 is 1.10 bits per heavy atom. The number of nitrogens with zero attached hydrogens (tertiary/aromatic N) is 1. The van der Waals surface area contributed by atoms with Crippen LogP contribution in [0.5, 0.6) is 0 Å². The van der Waals surface area contributed by atoms with Gasteiger partial charge in [0.15, 0.2) is 0 Å². The molecule has 4 nitrogen and oxygen atoms in total. The van der Waals surface area contributed by atoms with Crippen molar-refractivity contribution in [1.82, 2.24) is 4.90 Å². The molecule has 30 heavy (non-hydrogen) atoms. The average molecular weight is 402 g/mol. The molecule has 2 heterocycles. The summed E-state index contributed by atoms with van der Waals surface area (Å²) in [6, 6.07) is 16.8. The summed E-state index contributed by atoms with van der Waals surface area (Å²) in [6.07, 6.45) is 4.89. The molecule has 1 saturated heterocycles. The van der Waals surface area contributed by atoms with Gasteiger partial charge in [0.25, 0.3) is 0 Å². The molecule has 0 aromatic heterocycles. The van der Waals surface area contributed by atoms with Crippen molar-refractivity contribution in [1.29, 1.82) is 0 Å². The number of ether oxygens (including phenoxy) is 2. The first-order valence-electron chi connectivity index (χ1n) is 10.7. The quantitative estimate of drug-likeness (QED) is 0.700. The Balaban J connectivity index is 1.35. The van der Waals surface area contributed by atoms with E-state index in [1.807, 2.05) is 4.90 Å². The zero-order valence-corrected chi connectivity index (χ0v) is 17.5. The van der Waals surface area contributed by atoms with Crippen molar-refractivity contribution in [2.24, 2.45) is 0 Å². The van der Waals surface area contributed by atoms with Crippen LogP contribution >= 0.6 is 0 Å². The summed E-state index contributed by atoms with van der Waals surface area (Å²) in [5, 5.41) is 0. The highest BCUT2D eigenvalue weighted by molar-refractivity contribution is 5.79. The van der Waals surface area contributed by atoms with E-state index in [4.69, 9.17) is 9.47 Å². The van der Waals surface area contributed by atoms with Crippen molar-refractivity contribution in [3.8, 4) is 11.1 Å². The summed E-state index contributed by atoms with van der Waals surface area (Å²) >= 11 is 0. The normalized spacial score (nSPS) is 22.9. The van der Waals surface area contributed by atoms with Gasteiger partial charge in [0, 0.05) is 5.92 Å². The standard InChI is InChI=1S/C26H27NO3/c1-3-17(2)18-12-19-14-29-15-20(13-18)27(19)26(28)30-16-25-23-10-6-4-8-21(23)22-9-5-7-11-24(22)25/h3-12,19-20,25H,13-16H2,1-2H3. The van der Waals surface area contributed by atoms with E-state index in [0.717, 1.165) is 6.42 Å². The molecule has 2 bridgehead atoms. The largest absolute Gasteiger partial charge is 0.448 e. The highest BCUT2D eigenvalue weighted by Crippen LogP contribution is 2.44. The fraction of sp³-hybridized carbons (Fsp3) is 0.346. The molecule has 2 unspecified atom stereocenters. The highest BCUT2D eigenvalue weighted by Gasteiger charge is 2.39. The predicted octanol–water partition coefficient (Wildman–Crippen LogP) is 5.30. The smallest absolute Gasteiger partial charge is 0.410 e. The number of benzene rings is 2. The van der Waals surface area contributed by atoms with Crippen LogP contribution in [-0.4, -0.2) is 42.9 Å². The minimum absolute atomic E-state index is 0.0364. The lowest BCUT2D eigenvalue weighted by Crippen LogP contribution is -2.56. The maximum Gasteiger partial charge on any atom is 0.410 e. The van der Waals surface area contributed by atoms with Gasteiger partial charge in [0.05, 0.1) is 25.3 Å². The SMILES string of the molecule is CC=C(C)C1=CC2COCC(C1)N2C(=O)OCC1c2ccccc2-c2ccccc21. The first-order chi connectivity index (χ1) is 14.7. The molecule has 0 saturated carbocycles. The van der Waals surface area contributed by atoms with Gasteiger partial charge in [-0.3, -0.25) is 4.90 Å². The second-order valence-corrected chi connectivity index (χ2v) is 8.34. The van der Waals surface area contributed by atoms with Crippen LogP contribution < -0.4 is 0 Å². The molecule has 1 amide bonds. The number of fused-ring (bicyclic) bond motifs is 5. The Hall–Kier alpha value is -2.85. The second-order valence-electron chi connectivity index (χ2n) is 8.34. The second kappa shape index (κ2) is 7.77. The van der Waals surface area contributed by atoms with E-state index in [-0.39, 0.29) is 24.1 Å². The Morgan fingerprint density at radius 2 is 1.77 bits per heavy atom. The monoisotopic (exact) mass is 401 g/mol. The Morgan fingerprint density at radius 3 is 2.40 bits per heavy atom. The maximum atomic E-state index is 13.1. The lowest BCUT2D eigenvalue weighted by Gasteiger charge is -2.44. The van der Waals surface area contributed by atoms with Crippen molar-refractivity contribution in [3.05, 3.63) is 83.0 Å². The topological polar surface area (TPSA) is 38.8 Å². The van der Waals surface area contributed by atoms with Crippen LogP contribution in [0.4, 0.5) is 4.79 Å². The lowest BCUT2D eigenvalue weighted by molar-refractivity contribution is -0.0358. The first-order valence-corrected chi connectivity index (χ1v) is 10.7. The van der Waals surface area contributed by atoms with Crippen LogP contribution in [0.2, 0.25) is 0 Å². The molecular weight excluding hydrogens is 374 g/mol. The van der Waals surface area contributed by atoms with Crippen LogP contribution in [0.3, 0.4) is 0 Å². The molecule has 3 aliphatic rings. The van der Waals surface area contributed by atoms with Crippen molar-refractivity contribution in [3.63, 3.8) is 0 Å². The van der Waals surface area contributed by atoms with E-state index in [0.29, 0.717) is 19.8 Å². The van der Waals surface area contributed by atoms with E-state index in [2.05, 4.69) is 74.5 Å². The van der Waals surface area contributed by atoms with E-state index in [1.54, 1.807) is 0 Å². The van der Waals surface area contributed by atoms with Gasteiger partial charge in [-0.05, 0) is 48.1 Å². The minimum atomic E-state index is -0.233. The van der Waals surface area contributed by atoms with E-state index >= 15 is 0 Å². The van der Waals surface area contributed by atoms with Crippen molar-refractivity contribution in [2.45, 2.75) is 38.3 Å². The van der Waals surface area contributed by atoms with Gasteiger partial charge in [0.1, 0.15) is 6.61 Å². The zero-order valence-electron chi connectivity index (χ0n) is 17.5. The van der Waals surface area contributed by atoms with Gasteiger partial charge in [0.2, 0.25) is 0 Å². The third-order valence-corrected chi connectivity index (χ3v) is 6.69. The van der Waals surface area contributed by atoms with Gasteiger partial charge in [-0.15, -0.1) is 0 Å². The number of rotatable bonds is 3. The van der Waals surface area contributed by atoms with Gasteiger partial charge >= 0.3 is 6.09 Å². The predicted molar refractivity (Wildman–Crippen MR) is 117 cm³/mol. The van der Waals surface area contributed by atoms with E-state index in [1.165, 1.54) is 33.4 Å². The fourth-order valence-electron chi connectivity index (χ4n) is 5.03. The van der Waals surface area contributed by atoms with Gasteiger partial charge in [-0.25, -0.2) is 4.79 Å². The molecule has 0 spiro atoms.